The molecule has 0 saturated heterocycles. The van der Waals surface area contributed by atoms with E-state index in [-0.39, 0.29) is 0 Å². The van der Waals surface area contributed by atoms with Crippen molar-refractivity contribution < 1.29 is 4.74 Å². The fourth-order valence-electron chi connectivity index (χ4n) is 2.48. The molecule has 1 atom stereocenters. The van der Waals surface area contributed by atoms with Crippen LogP contribution in [0, 0.1) is 25.7 Å². The molecule has 2 nitrogen and oxygen atoms in total. The zero-order chi connectivity index (χ0) is 13.7. The summed E-state index contributed by atoms with van der Waals surface area (Å²) >= 11 is 0. The third-order valence-electron chi connectivity index (χ3n) is 3.14. The van der Waals surface area contributed by atoms with Gasteiger partial charge < -0.3 is 10.5 Å². The Kier molecular flexibility index (Phi) is 5.67. The molecule has 0 spiro atoms. The Morgan fingerprint density at radius 2 is 1.67 bits per heavy atom. The lowest BCUT2D eigenvalue weighted by molar-refractivity contribution is 0.236. The largest absolute Gasteiger partial charge is 0.493 e. The lowest BCUT2D eigenvalue weighted by Gasteiger charge is -2.18. The van der Waals surface area contributed by atoms with Crippen molar-refractivity contribution in [3.8, 4) is 5.75 Å². The topological polar surface area (TPSA) is 35.2 Å². The third kappa shape index (κ3) is 4.34. The van der Waals surface area contributed by atoms with Gasteiger partial charge in [-0.25, -0.2) is 0 Å². The molecule has 18 heavy (non-hydrogen) atoms. The standard InChI is InChI=1S/C16H27NO/c1-11(2)6-12(3)10-18-16-13(4)7-15(9-17)8-14(16)5/h7-8,11-12H,6,9-10,17H2,1-5H3. The van der Waals surface area contributed by atoms with Crippen molar-refractivity contribution in [2.45, 2.75) is 47.6 Å². The molecule has 0 fully saturated rings. The van der Waals surface area contributed by atoms with Crippen LogP contribution in [-0.4, -0.2) is 6.61 Å². The highest BCUT2D eigenvalue weighted by Crippen LogP contribution is 2.25. The first kappa shape index (κ1) is 15.0. The lowest BCUT2D eigenvalue weighted by Crippen LogP contribution is -2.12. The average Bonchev–Trinajstić information content (AvgIpc) is 2.26. The van der Waals surface area contributed by atoms with E-state index in [1.54, 1.807) is 0 Å². The van der Waals surface area contributed by atoms with Crippen molar-refractivity contribution in [2.75, 3.05) is 6.61 Å². The van der Waals surface area contributed by atoms with Crippen LogP contribution in [0.1, 0.15) is 43.9 Å². The summed E-state index contributed by atoms with van der Waals surface area (Å²) in [5, 5.41) is 0. The van der Waals surface area contributed by atoms with E-state index in [0.29, 0.717) is 12.5 Å². The Morgan fingerprint density at radius 3 is 2.11 bits per heavy atom. The van der Waals surface area contributed by atoms with Gasteiger partial charge in [0.2, 0.25) is 0 Å². The first-order valence-corrected chi connectivity index (χ1v) is 6.87. The highest BCUT2D eigenvalue weighted by atomic mass is 16.5. The SMILES string of the molecule is Cc1cc(CN)cc(C)c1OCC(C)CC(C)C. The van der Waals surface area contributed by atoms with Crippen molar-refractivity contribution >= 4 is 0 Å². The second-order valence-electron chi connectivity index (χ2n) is 5.81. The lowest BCUT2D eigenvalue weighted by atomic mass is 10.00. The Morgan fingerprint density at radius 1 is 1.11 bits per heavy atom. The average molecular weight is 249 g/mol. The summed E-state index contributed by atoms with van der Waals surface area (Å²) in [6.07, 6.45) is 1.21. The predicted octanol–water partition coefficient (Wildman–Crippen LogP) is 3.82. The molecule has 2 N–H and O–H groups in total. The molecule has 0 radical (unpaired) electrons. The molecule has 1 aromatic carbocycles. The molecule has 1 unspecified atom stereocenters. The van der Waals surface area contributed by atoms with Crippen molar-refractivity contribution in [3.05, 3.63) is 28.8 Å². The molecule has 0 aromatic heterocycles. The van der Waals surface area contributed by atoms with Gasteiger partial charge in [-0.1, -0.05) is 32.9 Å². The molecule has 1 rings (SSSR count). The quantitative estimate of drug-likeness (QED) is 0.831. The van der Waals surface area contributed by atoms with Crippen molar-refractivity contribution in [1.29, 1.82) is 0 Å². The van der Waals surface area contributed by atoms with Gasteiger partial charge in [0.1, 0.15) is 5.75 Å². The van der Waals surface area contributed by atoms with E-state index < -0.39 is 0 Å². The molecule has 0 amide bonds. The maximum atomic E-state index is 5.99. The van der Waals surface area contributed by atoms with E-state index >= 15 is 0 Å². The summed E-state index contributed by atoms with van der Waals surface area (Å²) in [5.41, 5.74) is 9.22. The fourth-order valence-corrected chi connectivity index (χ4v) is 2.48. The molecule has 0 aliphatic carbocycles. The maximum absolute atomic E-state index is 5.99. The minimum absolute atomic E-state index is 0.589. The van der Waals surface area contributed by atoms with Crippen LogP contribution in [0.2, 0.25) is 0 Å². The summed E-state index contributed by atoms with van der Waals surface area (Å²) in [6, 6.07) is 4.24. The normalized spacial score (nSPS) is 12.8. The van der Waals surface area contributed by atoms with Gasteiger partial charge in [0.25, 0.3) is 0 Å². The number of hydrogen-bond donors (Lipinski definition) is 1. The van der Waals surface area contributed by atoms with Crippen LogP contribution in [0.3, 0.4) is 0 Å². The molecule has 0 heterocycles. The number of rotatable bonds is 6. The van der Waals surface area contributed by atoms with Crippen LogP contribution >= 0.6 is 0 Å². The maximum Gasteiger partial charge on any atom is 0.125 e. The van der Waals surface area contributed by atoms with Gasteiger partial charge in [-0.3, -0.25) is 0 Å². The number of benzene rings is 1. The van der Waals surface area contributed by atoms with Gasteiger partial charge in [0.15, 0.2) is 0 Å². The summed E-state index contributed by atoms with van der Waals surface area (Å²) < 4.78 is 5.99. The van der Waals surface area contributed by atoms with E-state index in [9.17, 15) is 0 Å². The Labute approximate surface area is 112 Å². The number of nitrogens with two attached hydrogens (primary N) is 1. The van der Waals surface area contributed by atoms with Gasteiger partial charge >= 0.3 is 0 Å². The molecule has 0 aliphatic rings. The minimum atomic E-state index is 0.589. The summed E-state index contributed by atoms with van der Waals surface area (Å²) in [5.74, 6) is 2.35. The fraction of sp³-hybridized carbons (Fsp3) is 0.625. The van der Waals surface area contributed by atoms with Gasteiger partial charge in [0.05, 0.1) is 6.61 Å². The van der Waals surface area contributed by atoms with Crippen LogP contribution in [0.4, 0.5) is 0 Å². The van der Waals surface area contributed by atoms with E-state index in [1.807, 2.05) is 0 Å². The van der Waals surface area contributed by atoms with E-state index in [1.165, 1.54) is 23.1 Å². The van der Waals surface area contributed by atoms with Crippen LogP contribution in [0.15, 0.2) is 12.1 Å². The van der Waals surface area contributed by atoms with Crippen LogP contribution < -0.4 is 10.5 Å². The highest BCUT2D eigenvalue weighted by Gasteiger charge is 2.10. The Hall–Kier alpha value is -1.02. The first-order chi connectivity index (χ1) is 8.43. The Bertz CT molecular complexity index is 362. The summed E-state index contributed by atoms with van der Waals surface area (Å²) in [4.78, 5) is 0. The third-order valence-corrected chi connectivity index (χ3v) is 3.14. The molecule has 102 valence electrons. The monoisotopic (exact) mass is 249 g/mol. The summed E-state index contributed by atoms with van der Waals surface area (Å²) in [6.45, 7) is 12.3. The number of hydrogen-bond acceptors (Lipinski definition) is 2. The molecular weight excluding hydrogens is 222 g/mol. The predicted molar refractivity (Wildman–Crippen MR) is 77.9 cm³/mol. The highest BCUT2D eigenvalue weighted by molar-refractivity contribution is 5.43. The smallest absolute Gasteiger partial charge is 0.125 e. The van der Waals surface area contributed by atoms with E-state index in [2.05, 4.69) is 46.8 Å². The molecule has 2 heteroatoms. The van der Waals surface area contributed by atoms with Gasteiger partial charge in [0, 0.05) is 6.54 Å². The van der Waals surface area contributed by atoms with Crippen molar-refractivity contribution in [2.24, 2.45) is 17.6 Å². The van der Waals surface area contributed by atoms with Crippen LogP contribution in [0.5, 0.6) is 5.75 Å². The van der Waals surface area contributed by atoms with Gasteiger partial charge in [-0.05, 0) is 48.8 Å². The minimum Gasteiger partial charge on any atom is -0.493 e. The van der Waals surface area contributed by atoms with E-state index in [0.717, 1.165) is 18.3 Å². The molecular formula is C16H27NO. The van der Waals surface area contributed by atoms with Crippen LogP contribution in [0.25, 0.3) is 0 Å². The van der Waals surface area contributed by atoms with Crippen LogP contribution in [-0.2, 0) is 6.54 Å². The number of aryl methyl sites for hydroxylation is 2. The van der Waals surface area contributed by atoms with Gasteiger partial charge in [-0.15, -0.1) is 0 Å². The van der Waals surface area contributed by atoms with E-state index in [4.69, 9.17) is 10.5 Å². The summed E-state index contributed by atoms with van der Waals surface area (Å²) in [7, 11) is 0. The molecule has 0 bridgehead atoms. The van der Waals surface area contributed by atoms with Crippen molar-refractivity contribution in [1.82, 2.24) is 0 Å². The second-order valence-corrected chi connectivity index (χ2v) is 5.81. The first-order valence-electron chi connectivity index (χ1n) is 6.87. The molecule has 0 aliphatic heterocycles. The second kappa shape index (κ2) is 6.79. The van der Waals surface area contributed by atoms with Gasteiger partial charge in [-0.2, -0.15) is 0 Å². The molecule has 0 saturated carbocycles. The van der Waals surface area contributed by atoms with Crippen molar-refractivity contribution in [3.63, 3.8) is 0 Å². The Balaban J connectivity index is 2.67. The zero-order valence-electron chi connectivity index (χ0n) is 12.4. The number of ether oxygens (including phenoxy) is 1. The molecule has 1 aromatic rings. The zero-order valence-corrected chi connectivity index (χ0v) is 12.4.